The average molecular weight is 420 g/mol. The quantitative estimate of drug-likeness (QED) is 0.696. The van der Waals surface area contributed by atoms with Gasteiger partial charge in [-0.2, -0.15) is 0 Å². The molecule has 0 aromatic heterocycles. The number of carbonyl (C=O) groups is 2. The molecule has 0 bridgehead atoms. The highest BCUT2D eigenvalue weighted by Crippen LogP contribution is 2.37. The summed E-state index contributed by atoms with van der Waals surface area (Å²) in [6, 6.07) is 15.7. The third-order valence-corrected chi connectivity index (χ3v) is 5.95. The summed E-state index contributed by atoms with van der Waals surface area (Å²) >= 11 is 0. The van der Waals surface area contributed by atoms with Crippen LogP contribution in [0.1, 0.15) is 25.0 Å². The van der Waals surface area contributed by atoms with Crippen LogP contribution in [0.5, 0.6) is 5.75 Å². The Morgan fingerprint density at radius 2 is 1.55 bits per heavy atom. The van der Waals surface area contributed by atoms with E-state index < -0.39 is 0 Å². The van der Waals surface area contributed by atoms with Crippen molar-refractivity contribution in [3.8, 4) is 5.75 Å². The molecule has 0 aliphatic carbocycles. The minimum Gasteiger partial charge on any atom is -0.496 e. The molecule has 162 valence electrons. The van der Waals surface area contributed by atoms with Gasteiger partial charge in [-0.1, -0.05) is 30.3 Å². The van der Waals surface area contributed by atoms with E-state index in [1.807, 2.05) is 38.1 Å². The van der Waals surface area contributed by atoms with Crippen LogP contribution in [0.3, 0.4) is 0 Å². The molecule has 0 N–H and O–H groups in total. The van der Waals surface area contributed by atoms with Crippen LogP contribution in [-0.2, 0) is 9.59 Å². The number of rotatable bonds is 5. The van der Waals surface area contributed by atoms with E-state index in [1.54, 1.807) is 7.11 Å². The van der Waals surface area contributed by atoms with Crippen LogP contribution in [0.15, 0.2) is 54.2 Å². The van der Waals surface area contributed by atoms with Gasteiger partial charge >= 0.3 is 0 Å². The van der Waals surface area contributed by atoms with Crippen LogP contribution < -0.4 is 9.64 Å². The largest absolute Gasteiger partial charge is 0.496 e. The highest BCUT2D eigenvalue weighted by atomic mass is 16.5. The Labute approximate surface area is 183 Å². The molecule has 0 atom stereocenters. The molecule has 0 saturated carbocycles. The standard InChI is InChI=1S/C25H29N3O3/c1-17(2)28-24(29)22(20-10-5-6-11-21(20)31-4)23(25(28)30)27-14-12-26(13-15-27)19-9-7-8-18(3)16-19/h5-11,16-17H,12-15H2,1-4H3. The first kappa shape index (κ1) is 21.0. The van der Waals surface area contributed by atoms with E-state index in [2.05, 4.69) is 41.0 Å². The van der Waals surface area contributed by atoms with Crippen LogP contribution in [0.25, 0.3) is 5.57 Å². The second kappa shape index (κ2) is 8.46. The predicted molar refractivity (Wildman–Crippen MR) is 122 cm³/mol. The van der Waals surface area contributed by atoms with Gasteiger partial charge in [0.15, 0.2) is 0 Å². The first-order valence-electron chi connectivity index (χ1n) is 10.7. The fourth-order valence-electron chi connectivity index (χ4n) is 4.40. The number of hydrogen-bond donors (Lipinski definition) is 0. The summed E-state index contributed by atoms with van der Waals surface area (Å²) in [4.78, 5) is 32.5. The Morgan fingerprint density at radius 3 is 2.19 bits per heavy atom. The molecule has 0 radical (unpaired) electrons. The Hall–Kier alpha value is -3.28. The maximum absolute atomic E-state index is 13.4. The summed E-state index contributed by atoms with van der Waals surface area (Å²) in [5.74, 6) is 0.130. The Bertz CT molecular complexity index is 1040. The van der Waals surface area contributed by atoms with Crippen molar-refractivity contribution in [2.45, 2.75) is 26.8 Å². The summed E-state index contributed by atoms with van der Waals surface area (Å²) in [6.07, 6.45) is 0. The number of aryl methyl sites for hydroxylation is 1. The van der Waals surface area contributed by atoms with E-state index in [1.165, 1.54) is 16.2 Å². The highest BCUT2D eigenvalue weighted by molar-refractivity contribution is 6.36. The number of anilines is 1. The number of para-hydroxylation sites is 1. The lowest BCUT2D eigenvalue weighted by atomic mass is 10.0. The van der Waals surface area contributed by atoms with Gasteiger partial charge < -0.3 is 14.5 Å². The number of carbonyl (C=O) groups excluding carboxylic acids is 2. The van der Waals surface area contributed by atoms with E-state index in [-0.39, 0.29) is 17.9 Å². The van der Waals surface area contributed by atoms with Gasteiger partial charge in [-0.25, -0.2) is 0 Å². The van der Waals surface area contributed by atoms with E-state index in [4.69, 9.17) is 4.74 Å². The molecule has 2 aromatic carbocycles. The number of nitrogens with zero attached hydrogens (tertiary/aromatic N) is 3. The van der Waals surface area contributed by atoms with Gasteiger partial charge in [-0.15, -0.1) is 0 Å². The van der Waals surface area contributed by atoms with Crippen molar-refractivity contribution in [2.24, 2.45) is 0 Å². The van der Waals surface area contributed by atoms with Gasteiger partial charge in [0.25, 0.3) is 11.8 Å². The molecule has 31 heavy (non-hydrogen) atoms. The van der Waals surface area contributed by atoms with Crippen molar-refractivity contribution in [1.82, 2.24) is 9.80 Å². The lowest BCUT2D eigenvalue weighted by Gasteiger charge is -2.38. The first-order chi connectivity index (χ1) is 14.9. The number of ether oxygens (including phenoxy) is 1. The van der Waals surface area contributed by atoms with E-state index in [9.17, 15) is 9.59 Å². The van der Waals surface area contributed by atoms with Crippen LogP contribution in [0.2, 0.25) is 0 Å². The summed E-state index contributed by atoms with van der Waals surface area (Å²) in [7, 11) is 1.58. The topological polar surface area (TPSA) is 53.1 Å². The third-order valence-electron chi connectivity index (χ3n) is 5.95. The second-order valence-electron chi connectivity index (χ2n) is 8.31. The van der Waals surface area contributed by atoms with Crippen molar-refractivity contribution < 1.29 is 14.3 Å². The number of benzene rings is 2. The number of methoxy groups -OCH3 is 1. The van der Waals surface area contributed by atoms with E-state index in [0.29, 0.717) is 35.7 Å². The Balaban J connectivity index is 1.69. The number of amides is 2. The minimum absolute atomic E-state index is 0.212. The van der Waals surface area contributed by atoms with Gasteiger partial charge in [0.05, 0.1) is 12.7 Å². The molecular formula is C25H29N3O3. The molecule has 2 amide bonds. The van der Waals surface area contributed by atoms with Crippen molar-refractivity contribution in [1.29, 1.82) is 0 Å². The predicted octanol–water partition coefficient (Wildman–Crippen LogP) is 3.31. The molecule has 1 saturated heterocycles. The number of imide groups is 1. The van der Waals surface area contributed by atoms with E-state index in [0.717, 1.165) is 13.1 Å². The van der Waals surface area contributed by atoms with Gasteiger partial charge in [0, 0.05) is 43.5 Å². The summed E-state index contributed by atoms with van der Waals surface area (Å²) in [5.41, 5.74) is 4.02. The van der Waals surface area contributed by atoms with Crippen molar-refractivity contribution >= 4 is 23.1 Å². The molecule has 1 fully saturated rings. The zero-order chi connectivity index (χ0) is 22.1. The molecule has 4 rings (SSSR count). The smallest absolute Gasteiger partial charge is 0.278 e. The van der Waals surface area contributed by atoms with Gasteiger partial charge in [0.2, 0.25) is 0 Å². The monoisotopic (exact) mass is 419 g/mol. The molecule has 2 aliphatic heterocycles. The molecule has 6 nitrogen and oxygen atoms in total. The fourth-order valence-corrected chi connectivity index (χ4v) is 4.40. The lowest BCUT2D eigenvalue weighted by molar-refractivity contribution is -0.139. The highest BCUT2D eigenvalue weighted by Gasteiger charge is 2.44. The zero-order valence-electron chi connectivity index (χ0n) is 18.6. The fraction of sp³-hybridized carbons (Fsp3) is 0.360. The second-order valence-corrected chi connectivity index (χ2v) is 8.31. The maximum Gasteiger partial charge on any atom is 0.278 e. The van der Waals surface area contributed by atoms with Crippen LogP contribution >= 0.6 is 0 Å². The van der Waals surface area contributed by atoms with Gasteiger partial charge in [-0.3, -0.25) is 14.5 Å². The summed E-state index contributed by atoms with van der Waals surface area (Å²) < 4.78 is 5.52. The average Bonchev–Trinajstić information content (AvgIpc) is 3.03. The molecular weight excluding hydrogens is 390 g/mol. The van der Waals surface area contributed by atoms with E-state index >= 15 is 0 Å². The van der Waals surface area contributed by atoms with Gasteiger partial charge in [0.1, 0.15) is 11.4 Å². The molecule has 6 heteroatoms. The van der Waals surface area contributed by atoms with Crippen LogP contribution in [0, 0.1) is 6.92 Å². The molecule has 2 aromatic rings. The summed E-state index contributed by atoms with van der Waals surface area (Å²) in [6.45, 7) is 8.75. The molecule has 2 heterocycles. The summed E-state index contributed by atoms with van der Waals surface area (Å²) in [5, 5.41) is 0. The third kappa shape index (κ3) is 3.78. The zero-order valence-corrected chi connectivity index (χ0v) is 18.6. The maximum atomic E-state index is 13.4. The van der Waals surface area contributed by atoms with Crippen molar-refractivity contribution in [2.75, 3.05) is 38.2 Å². The molecule has 2 aliphatic rings. The lowest BCUT2D eigenvalue weighted by Crippen LogP contribution is -2.48. The normalized spacial score (nSPS) is 17.3. The Kier molecular flexibility index (Phi) is 5.72. The van der Waals surface area contributed by atoms with Crippen molar-refractivity contribution in [3.05, 3.63) is 65.4 Å². The number of hydrogen-bond acceptors (Lipinski definition) is 5. The Morgan fingerprint density at radius 1 is 0.871 bits per heavy atom. The molecule has 0 spiro atoms. The van der Waals surface area contributed by atoms with Crippen LogP contribution in [-0.4, -0.2) is 60.9 Å². The number of piperazine rings is 1. The van der Waals surface area contributed by atoms with Gasteiger partial charge in [-0.05, 0) is 44.5 Å². The molecule has 0 unspecified atom stereocenters. The minimum atomic E-state index is -0.249. The van der Waals surface area contributed by atoms with Crippen LogP contribution in [0.4, 0.5) is 5.69 Å². The first-order valence-corrected chi connectivity index (χ1v) is 10.7. The SMILES string of the molecule is COc1ccccc1C1=C(N2CCN(c3cccc(C)c3)CC2)C(=O)N(C(C)C)C1=O. The van der Waals surface area contributed by atoms with Crippen molar-refractivity contribution in [3.63, 3.8) is 0 Å².